The van der Waals surface area contributed by atoms with E-state index in [1.54, 1.807) is 0 Å². The summed E-state index contributed by atoms with van der Waals surface area (Å²) in [6.07, 6.45) is 0. The summed E-state index contributed by atoms with van der Waals surface area (Å²) < 4.78 is 5.00. The first-order valence-corrected chi connectivity index (χ1v) is 17.4. The van der Waals surface area contributed by atoms with Gasteiger partial charge in [0.05, 0.1) is 0 Å². The molecule has 0 saturated carbocycles. The van der Waals surface area contributed by atoms with Crippen molar-refractivity contribution in [2.45, 2.75) is 30.8 Å². The van der Waals surface area contributed by atoms with Crippen molar-refractivity contribution in [2.24, 2.45) is 5.16 Å². The Labute approximate surface area is 296 Å². The van der Waals surface area contributed by atoms with E-state index in [1.165, 1.54) is 37.1 Å². The number of fused-ring (bicyclic) bond motifs is 1. The number of aliphatic carboxylic acids is 1. The number of anilines is 1. The van der Waals surface area contributed by atoms with Crippen LogP contribution >= 0.6 is 23.1 Å². The third-order valence-corrected chi connectivity index (χ3v) is 10.5. The zero-order valence-corrected chi connectivity index (χ0v) is 28.9. The molecule has 2 aliphatic heterocycles. The lowest BCUT2D eigenvalue weighted by atomic mass is 9.77. The minimum absolute atomic E-state index is 0.143. The summed E-state index contributed by atoms with van der Waals surface area (Å²) in [6.45, 7) is 2.78. The van der Waals surface area contributed by atoms with Gasteiger partial charge in [0.1, 0.15) is 42.1 Å². The smallest absolute Gasteiger partial charge is 0.352 e. The van der Waals surface area contributed by atoms with Crippen LogP contribution < -0.4 is 10.6 Å². The first kappa shape index (κ1) is 34.4. The molecule has 0 aliphatic carbocycles. The molecule has 0 bridgehead atoms. The van der Waals surface area contributed by atoms with Crippen LogP contribution in [0, 0.1) is 6.92 Å². The average molecular weight is 712 g/mol. The van der Waals surface area contributed by atoms with Crippen LogP contribution in [0.3, 0.4) is 0 Å². The molecule has 0 unspecified atom stereocenters. The maximum atomic E-state index is 13.8. The number of rotatable bonds is 12. The number of ether oxygens (including phenoxy) is 1. The van der Waals surface area contributed by atoms with Crippen molar-refractivity contribution >= 4 is 57.7 Å². The molecule has 3 heterocycles. The number of aromatic nitrogens is 1. The molecule has 2 aliphatic rings. The zero-order chi connectivity index (χ0) is 35.4. The molecule has 3 N–H and O–H groups in total. The number of carbonyl (C=O) groups is 4. The number of hydrogen-bond acceptors (Lipinski definition) is 11. The summed E-state index contributed by atoms with van der Waals surface area (Å²) >= 11 is 2.60. The van der Waals surface area contributed by atoms with Gasteiger partial charge in [-0.15, -0.1) is 23.1 Å². The Morgan fingerprint density at radius 2 is 1.54 bits per heavy atom. The molecule has 4 aromatic rings. The number of carboxylic acid groups (broad SMARTS) is 1. The van der Waals surface area contributed by atoms with Crippen LogP contribution in [-0.2, 0) is 34.3 Å². The lowest BCUT2D eigenvalue weighted by Crippen LogP contribution is -2.71. The highest BCUT2D eigenvalue weighted by atomic mass is 32.2. The second kappa shape index (κ2) is 14.6. The molecule has 2 amide bonds. The molecule has 3 aromatic carbocycles. The Bertz CT molecular complexity index is 1890. The predicted octanol–water partition coefficient (Wildman–Crippen LogP) is 4.51. The van der Waals surface area contributed by atoms with Crippen molar-refractivity contribution in [3.8, 4) is 0 Å². The number of thioether (sulfide) groups is 1. The van der Waals surface area contributed by atoms with Gasteiger partial charge in [-0.1, -0.05) is 96.2 Å². The Balaban J connectivity index is 1.30. The fraction of sp³-hybridized carbons (Fsp3) is 0.222. The van der Waals surface area contributed by atoms with Gasteiger partial charge in [-0.2, -0.15) is 0 Å². The van der Waals surface area contributed by atoms with Gasteiger partial charge in [0.15, 0.2) is 10.8 Å². The number of esters is 1. The van der Waals surface area contributed by atoms with E-state index in [1.807, 2.05) is 97.9 Å². The van der Waals surface area contributed by atoms with Gasteiger partial charge in [-0.25, -0.2) is 9.78 Å². The Kier molecular flexibility index (Phi) is 10.0. The van der Waals surface area contributed by atoms with Gasteiger partial charge in [0, 0.05) is 23.1 Å². The highest BCUT2D eigenvalue weighted by Gasteiger charge is 2.54. The van der Waals surface area contributed by atoms with Crippen LogP contribution in [-0.4, -0.2) is 75.3 Å². The fourth-order valence-corrected chi connectivity index (χ4v) is 8.28. The van der Waals surface area contributed by atoms with Crippen molar-refractivity contribution < 1.29 is 33.9 Å². The normalized spacial score (nSPS) is 17.4. The summed E-state index contributed by atoms with van der Waals surface area (Å²) in [6, 6.07) is 29.0. The standard InChI is InChI=1S/C36H33N5O7S2/c1-21-27(28(40-47-3)31(43)37-29-32(44)41-30(34(45)46)23(19-48-22(2)42)20-49-33(29)41)38-35(50-21)39-36(24-13-7-4-8-14-24,25-15-9-5-10-16-25)26-17-11-6-12-18-26/h4-18,29,33H,19-20H2,1-3H3,(H,37,43)(H,38,39)(H,45,46)/t29-,33-/m1/s1. The van der Waals surface area contributed by atoms with E-state index in [9.17, 15) is 24.3 Å². The molecular formula is C36H33N5O7S2. The van der Waals surface area contributed by atoms with E-state index in [4.69, 9.17) is 14.6 Å². The highest BCUT2D eigenvalue weighted by molar-refractivity contribution is 8.00. The van der Waals surface area contributed by atoms with Crippen molar-refractivity contribution in [3.63, 3.8) is 0 Å². The number of aryl methyl sites for hydroxylation is 1. The number of nitrogens with one attached hydrogen (secondary N) is 2. The molecule has 1 fully saturated rings. The van der Waals surface area contributed by atoms with E-state index in [-0.39, 0.29) is 29.5 Å². The molecule has 1 aromatic heterocycles. The number of oxime groups is 1. The summed E-state index contributed by atoms with van der Waals surface area (Å²) in [7, 11) is 1.31. The lowest BCUT2D eigenvalue weighted by Gasteiger charge is -2.49. The maximum absolute atomic E-state index is 13.8. The molecule has 6 rings (SSSR count). The van der Waals surface area contributed by atoms with Crippen LogP contribution in [0.25, 0.3) is 0 Å². The van der Waals surface area contributed by atoms with E-state index >= 15 is 0 Å². The Hall–Kier alpha value is -5.47. The van der Waals surface area contributed by atoms with Crippen molar-refractivity contribution in [1.29, 1.82) is 0 Å². The van der Waals surface area contributed by atoms with Gasteiger partial charge in [-0.05, 0) is 23.6 Å². The van der Waals surface area contributed by atoms with Crippen molar-refractivity contribution in [1.82, 2.24) is 15.2 Å². The maximum Gasteiger partial charge on any atom is 0.352 e. The van der Waals surface area contributed by atoms with Crippen LogP contribution in [0.4, 0.5) is 5.13 Å². The SMILES string of the molecule is CON=C(C(=O)N[C@@H]1C(=O)N2C(C(=O)O)=C(COC(C)=O)CS[C@H]12)c1nc(NC(c2ccccc2)(c2ccccc2)c2ccccc2)sc1C. The third kappa shape index (κ3) is 6.46. The quantitative estimate of drug-likeness (QED) is 0.0628. The number of β-lactam (4-membered cyclic amide) rings is 1. The Morgan fingerprint density at radius 3 is 2.04 bits per heavy atom. The summed E-state index contributed by atoms with van der Waals surface area (Å²) in [5.74, 6) is -3.02. The van der Waals surface area contributed by atoms with Gasteiger partial charge in [0.2, 0.25) is 0 Å². The number of carboxylic acids is 1. The number of carbonyl (C=O) groups excluding carboxylic acids is 3. The van der Waals surface area contributed by atoms with Gasteiger partial charge in [-0.3, -0.25) is 19.3 Å². The minimum Gasteiger partial charge on any atom is -0.477 e. The lowest BCUT2D eigenvalue weighted by molar-refractivity contribution is -0.150. The molecule has 50 heavy (non-hydrogen) atoms. The van der Waals surface area contributed by atoms with Crippen LogP contribution in [0.5, 0.6) is 0 Å². The van der Waals surface area contributed by atoms with E-state index in [0.717, 1.165) is 21.6 Å². The molecule has 256 valence electrons. The van der Waals surface area contributed by atoms with Gasteiger partial charge < -0.3 is 25.3 Å². The molecule has 12 nitrogen and oxygen atoms in total. The summed E-state index contributed by atoms with van der Waals surface area (Å²) in [5, 5.41) is 20.1. The molecule has 0 spiro atoms. The largest absolute Gasteiger partial charge is 0.477 e. The second-order valence-electron chi connectivity index (χ2n) is 11.4. The number of thiazole rings is 1. The first-order chi connectivity index (χ1) is 24.1. The number of amides is 2. The van der Waals surface area contributed by atoms with E-state index < -0.39 is 40.7 Å². The first-order valence-electron chi connectivity index (χ1n) is 15.5. The molecule has 14 heteroatoms. The molecule has 2 atom stereocenters. The summed E-state index contributed by atoms with van der Waals surface area (Å²) in [5.41, 5.74) is 2.21. The topological polar surface area (TPSA) is 160 Å². The van der Waals surface area contributed by atoms with E-state index in [2.05, 4.69) is 15.8 Å². The van der Waals surface area contributed by atoms with Crippen LogP contribution in [0.1, 0.15) is 34.2 Å². The number of benzene rings is 3. The zero-order valence-electron chi connectivity index (χ0n) is 27.3. The van der Waals surface area contributed by atoms with Gasteiger partial charge >= 0.3 is 11.9 Å². The summed E-state index contributed by atoms with van der Waals surface area (Å²) in [4.78, 5) is 62.2. The molecular weight excluding hydrogens is 679 g/mol. The predicted molar refractivity (Wildman–Crippen MR) is 190 cm³/mol. The van der Waals surface area contributed by atoms with Crippen molar-refractivity contribution in [3.05, 3.63) is 130 Å². The Morgan fingerprint density at radius 1 is 0.980 bits per heavy atom. The average Bonchev–Trinajstić information content (AvgIpc) is 3.50. The number of hydrogen-bond donors (Lipinski definition) is 3. The van der Waals surface area contributed by atoms with Crippen LogP contribution in [0.15, 0.2) is 107 Å². The third-order valence-electron chi connectivity index (χ3n) is 8.32. The van der Waals surface area contributed by atoms with Gasteiger partial charge in [0.25, 0.3) is 11.8 Å². The van der Waals surface area contributed by atoms with Crippen molar-refractivity contribution in [2.75, 3.05) is 24.8 Å². The molecule has 1 saturated heterocycles. The minimum atomic E-state index is -1.33. The highest BCUT2D eigenvalue weighted by Crippen LogP contribution is 2.42. The van der Waals surface area contributed by atoms with E-state index in [0.29, 0.717) is 15.6 Å². The monoisotopic (exact) mass is 711 g/mol. The second-order valence-corrected chi connectivity index (χ2v) is 13.7. The fourth-order valence-electron chi connectivity index (χ4n) is 6.09. The van der Waals surface area contributed by atoms with Crippen LogP contribution in [0.2, 0.25) is 0 Å². The molecule has 0 radical (unpaired) electrons. The number of nitrogens with zero attached hydrogens (tertiary/aromatic N) is 3.